The van der Waals surface area contributed by atoms with Crippen molar-refractivity contribution >= 4 is 32.9 Å². The maximum absolute atomic E-state index is 12.4. The van der Waals surface area contributed by atoms with Crippen LogP contribution in [-0.4, -0.2) is 66.8 Å². The number of hydrogen-bond acceptors (Lipinski definition) is 6. The fraction of sp³-hybridized carbons (Fsp3) is 0.579. The fourth-order valence-electron chi connectivity index (χ4n) is 4.26. The summed E-state index contributed by atoms with van der Waals surface area (Å²) in [6.45, 7) is 7.33. The predicted molar refractivity (Wildman–Crippen MR) is 114 cm³/mol. The third kappa shape index (κ3) is 4.28. The Kier molecular flexibility index (Phi) is 5.56. The van der Waals surface area contributed by atoms with Crippen molar-refractivity contribution in [2.45, 2.75) is 32.9 Å². The molecule has 2 aromatic rings. The van der Waals surface area contributed by atoms with Gasteiger partial charge in [0, 0.05) is 31.1 Å². The van der Waals surface area contributed by atoms with E-state index in [-0.39, 0.29) is 23.6 Å². The molecule has 0 saturated carbocycles. The van der Waals surface area contributed by atoms with E-state index >= 15 is 0 Å². The molecule has 0 aliphatic carbocycles. The molecule has 0 aromatic carbocycles. The van der Waals surface area contributed by atoms with Crippen LogP contribution in [0.4, 0.5) is 10.5 Å². The minimum atomic E-state index is -2.95. The number of rotatable bonds is 4. The van der Waals surface area contributed by atoms with E-state index in [9.17, 15) is 13.2 Å². The molecule has 29 heavy (non-hydrogen) atoms. The molecule has 2 fully saturated rings. The lowest BCUT2D eigenvalue weighted by molar-refractivity contribution is 0.194. The largest absolute Gasteiger partial charge is 0.365 e. The van der Waals surface area contributed by atoms with E-state index in [1.54, 1.807) is 11.3 Å². The highest BCUT2D eigenvalue weighted by atomic mass is 32.2. The molecule has 2 saturated heterocycles. The highest BCUT2D eigenvalue weighted by Crippen LogP contribution is 2.31. The maximum Gasteiger partial charge on any atom is 0.317 e. The normalized spacial score (nSPS) is 21.5. The third-order valence-corrected chi connectivity index (χ3v) is 8.34. The number of nitrogens with zero attached hydrogens (tertiary/aromatic N) is 4. The van der Waals surface area contributed by atoms with Gasteiger partial charge in [-0.1, -0.05) is 6.07 Å². The summed E-state index contributed by atoms with van der Waals surface area (Å²) in [4.78, 5) is 17.7. The van der Waals surface area contributed by atoms with E-state index in [2.05, 4.69) is 15.3 Å². The number of aromatic nitrogens is 2. The van der Waals surface area contributed by atoms with Gasteiger partial charge in [0.1, 0.15) is 0 Å². The standard InChI is InChI=1S/C19H27N5O3S2/c1-14-18(15(2)24(21-14)16-5-11-29(26,27)13-16)22-6-8-23(9-7-22)19(25)20-12-17-4-3-10-28-17/h3-4,10,16H,5-9,11-13H2,1-2H3,(H,20,25)/t16-/m1/s1. The zero-order valence-electron chi connectivity index (χ0n) is 16.8. The maximum atomic E-state index is 12.4. The first kappa shape index (κ1) is 20.2. The Morgan fingerprint density at radius 2 is 2.03 bits per heavy atom. The molecule has 4 rings (SSSR count). The second kappa shape index (κ2) is 7.98. The highest BCUT2D eigenvalue weighted by molar-refractivity contribution is 7.91. The molecule has 2 aliphatic heterocycles. The van der Waals surface area contributed by atoms with Crippen LogP contribution in [0.15, 0.2) is 17.5 Å². The molecule has 8 nitrogen and oxygen atoms in total. The Balaban J connectivity index is 1.38. The first-order valence-electron chi connectivity index (χ1n) is 9.90. The van der Waals surface area contributed by atoms with Crippen LogP contribution < -0.4 is 10.2 Å². The van der Waals surface area contributed by atoms with Crippen molar-refractivity contribution in [2.24, 2.45) is 0 Å². The molecular weight excluding hydrogens is 410 g/mol. The summed E-state index contributed by atoms with van der Waals surface area (Å²) in [7, 11) is -2.95. The lowest BCUT2D eigenvalue weighted by Gasteiger charge is -2.36. The molecule has 1 N–H and O–H groups in total. The number of anilines is 1. The third-order valence-electron chi connectivity index (χ3n) is 5.72. The van der Waals surface area contributed by atoms with Gasteiger partial charge in [0.05, 0.1) is 41.2 Å². The summed E-state index contributed by atoms with van der Waals surface area (Å²) < 4.78 is 25.6. The second-order valence-corrected chi connectivity index (χ2v) is 11.0. The first-order valence-corrected chi connectivity index (χ1v) is 12.6. The van der Waals surface area contributed by atoms with Gasteiger partial charge in [-0.15, -0.1) is 11.3 Å². The molecule has 1 atom stereocenters. The van der Waals surface area contributed by atoms with Crippen LogP contribution in [0.3, 0.4) is 0 Å². The van der Waals surface area contributed by atoms with Crippen LogP contribution in [-0.2, 0) is 16.4 Å². The van der Waals surface area contributed by atoms with Gasteiger partial charge in [-0.3, -0.25) is 4.68 Å². The Labute approximate surface area is 175 Å². The van der Waals surface area contributed by atoms with E-state index < -0.39 is 9.84 Å². The van der Waals surface area contributed by atoms with Gasteiger partial charge in [0.15, 0.2) is 9.84 Å². The van der Waals surface area contributed by atoms with Crippen LogP contribution in [0.25, 0.3) is 0 Å². The molecule has 2 aliphatic rings. The summed E-state index contributed by atoms with van der Waals surface area (Å²) in [6.07, 6.45) is 0.627. The number of carbonyl (C=O) groups excluding carboxylic acids is 1. The second-order valence-electron chi connectivity index (χ2n) is 7.73. The number of carbonyl (C=O) groups is 1. The van der Waals surface area contributed by atoms with Crippen molar-refractivity contribution in [1.29, 1.82) is 0 Å². The lowest BCUT2D eigenvalue weighted by Crippen LogP contribution is -2.51. The van der Waals surface area contributed by atoms with Gasteiger partial charge < -0.3 is 15.1 Å². The van der Waals surface area contributed by atoms with Crippen molar-refractivity contribution < 1.29 is 13.2 Å². The minimum absolute atomic E-state index is 0.0293. The summed E-state index contributed by atoms with van der Waals surface area (Å²) in [6, 6.07) is 3.90. The first-order chi connectivity index (χ1) is 13.8. The average molecular weight is 438 g/mol. The van der Waals surface area contributed by atoms with Gasteiger partial charge in [-0.2, -0.15) is 5.10 Å². The summed E-state index contributed by atoms with van der Waals surface area (Å²) in [5, 5.41) is 9.66. The monoisotopic (exact) mass is 437 g/mol. The Morgan fingerprint density at radius 1 is 1.28 bits per heavy atom. The highest BCUT2D eigenvalue weighted by Gasteiger charge is 2.33. The van der Waals surface area contributed by atoms with Gasteiger partial charge in [0.2, 0.25) is 0 Å². The Bertz CT molecular complexity index is 976. The van der Waals surface area contributed by atoms with Crippen molar-refractivity contribution in [1.82, 2.24) is 20.0 Å². The lowest BCUT2D eigenvalue weighted by atomic mass is 10.2. The Hall–Kier alpha value is -2.07. The summed E-state index contributed by atoms with van der Waals surface area (Å²) in [5.74, 6) is 0.414. The predicted octanol–water partition coefficient (Wildman–Crippen LogP) is 1.95. The van der Waals surface area contributed by atoms with Crippen molar-refractivity contribution in [3.8, 4) is 0 Å². The molecule has 0 spiro atoms. The Morgan fingerprint density at radius 3 is 2.66 bits per heavy atom. The topological polar surface area (TPSA) is 87.5 Å². The molecule has 10 heteroatoms. The zero-order valence-corrected chi connectivity index (χ0v) is 18.4. The van der Waals surface area contributed by atoms with Crippen molar-refractivity contribution in [2.75, 3.05) is 42.6 Å². The molecule has 0 radical (unpaired) electrons. The quantitative estimate of drug-likeness (QED) is 0.790. The molecule has 2 amide bonds. The van der Waals surface area contributed by atoms with Gasteiger partial charge >= 0.3 is 6.03 Å². The molecule has 4 heterocycles. The number of hydrogen-bond donors (Lipinski definition) is 1. The van der Waals surface area contributed by atoms with E-state index in [4.69, 9.17) is 0 Å². The van der Waals surface area contributed by atoms with E-state index in [1.165, 1.54) is 0 Å². The smallest absolute Gasteiger partial charge is 0.317 e. The number of piperazine rings is 1. The molecule has 158 valence electrons. The number of sulfone groups is 1. The summed E-state index contributed by atoms with van der Waals surface area (Å²) >= 11 is 1.64. The van der Waals surface area contributed by atoms with Gasteiger partial charge in [-0.05, 0) is 31.7 Å². The van der Waals surface area contributed by atoms with Crippen LogP contribution in [0.5, 0.6) is 0 Å². The molecule has 2 aromatic heterocycles. The van der Waals surface area contributed by atoms with Crippen LogP contribution in [0, 0.1) is 13.8 Å². The number of urea groups is 1. The van der Waals surface area contributed by atoms with E-state index in [0.29, 0.717) is 26.1 Å². The fourth-order valence-corrected chi connectivity index (χ4v) is 6.59. The van der Waals surface area contributed by atoms with Gasteiger partial charge in [0.25, 0.3) is 0 Å². The summed E-state index contributed by atoms with van der Waals surface area (Å²) in [5.41, 5.74) is 3.01. The number of nitrogens with one attached hydrogen (secondary N) is 1. The van der Waals surface area contributed by atoms with Crippen LogP contribution in [0.1, 0.15) is 28.7 Å². The van der Waals surface area contributed by atoms with E-state index in [1.807, 2.05) is 40.9 Å². The van der Waals surface area contributed by atoms with Crippen molar-refractivity contribution in [3.05, 3.63) is 33.8 Å². The molecular formula is C19H27N5O3S2. The molecule has 0 bridgehead atoms. The average Bonchev–Trinajstić information content (AvgIpc) is 3.40. The SMILES string of the molecule is Cc1nn([C@@H]2CCS(=O)(=O)C2)c(C)c1N1CCN(C(=O)NCc2cccs2)CC1. The number of aryl methyl sites for hydroxylation is 1. The zero-order chi connectivity index (χ0) is 20.6. The van der Waals surface area contributed by atoms with E-state index in [0.717, 1.165) is 35.0 Å². The van der Waals surface area contributed by atoms with Crippen LogP contribution >= 0.6 is 11.3 Å². The molecule has 0 unspecified atom stereocenters. The van der Waals surface area contributed by atoms with Gasteiger partial charge in [-0.25, -0.2) is 13.2 Å². The number of thiophene rings is 1. The van der Waals surface area contributed by atoms with Crippen LogP contribution in [0.2, 0.25) is 0 Å². The minimum Gasteiger partial charge on any atom is -0.365 e. The van der Waals surface area contributed by atoms with Crippen molar-refractivity contribution in [3.63, 3.8) is 0 Å². The number of amides is 2.